The molecular formula is C19H18FN3O2S. The molecule has 26 heavy (non-hydrogen) atoms. The fourth-order valence-electron chi connectivity index (χ4n) is 3.54. The van der Waals surface area contributed by atoms with Crippen LogP contribution < -0.4 is 11.1 Å². The number of thiophene rings is 1. The van der Waals surface area contributed by atoms with E-state index in [0.29, 0.717) is 10.6 Å². The number of aryl methyl sites for hydroxylation is 1. The number of nitrogens with zero attached hydrogens (tertiary/aromatic N) is 1. The standard InChI is InChI=1S/C19H18FN3O2S/c20-12-5-6-14-11(9-12)7-8-23(14)10-16(24)22-19-17(18(21)25)13-3-1-2-4-15(13)26-19/h5-9H,1-4,10H2,(H2,21,25)(H,22,24). The lowest BCUT2D eigenvalue weighted by molar-refractivity contribution is -0.116. The van der Waals surface area contributed by atoms with Crippen LogP contribution in [0.2, 0.25) is 0 Å². The average Bonchev–Trinajstić information content (AvgIpc) is 3.15. The first kappa shape index (κ1) is 16.8. The average molecular weight is 371 g/mol. The molecule has 0 bridgehead atoms. The van der Waals surface area contributed by atoms with E-state index in [1.165, 1.54) is 23.5 Å². The zero-order chi connectivity index (χ0) is 18.3. The van der Waals surface area contributed by atoms with E-state index < -0.39 is 5.91 Å². The van der Waals surface area contributed by atoms with Crippen molar-refractivity contribution in [1.82, 2.24) is 4.57 Å². The number of hydrogen-bond donors (Lipinski definition) is 2. The minimum atomic E-state index is -0.499. The zero-order valence-electron chi connectivity index (χ0n) is 14.0. The normalized spacial score (nSPS) is 13.6. The highest BCUT2D eigenvalue weighted by atomic mass is 32.1. The number of aromatic nitrogens is 1. The molecule has 1 aromatic carbocycles. The number of hydrogen-bond acceptors (Lipinski definition) is 3. The van der Waals surface area contributed by atoms with E-state index in [-0.39, 0.29) is 18.3 Å². The maximum absolute atomic E-state index is 13.3. The summed E-state index contributed by atoms with van der Waals surface area (Å²) < 4.78 is 15.0. The van der Waals surface area contributed by atoms with Crippen LogP contribution in [0.5, 0.6) is 0 Å². The Bertz CT molecular complexity index is 1020. The van der Waals surface area contributed by atoms with Crippen LogP contribution in [0.4, 0.5) is 9.39 Å². The van der Waals surface area contributed by atoms with E-state index >= 15 is 0 Å². The highest BCUT2D eigenvalue weighted by Gasteiger charge is 2.25. The van der Waals surface area contributed by atoms with E-state index in [9.17, 15) is 14.0 Å². The highest BCUT2D eigenvalue weighted by molar-refractivity contribution is 7.17. The summed E-state index contributed by atoms with van der Waals surface area (Å²) in [6.45, 7) is 0.0793. The Labute approximate surface area is 153 Å². The number of carbonyl (C=O) groups excluding carboxylic acids is 2. The van der Waals surface area contributed by atoms with Crippen molar-refractivity contribution in [3.63, 3.8) is 0 Å². The van der Waals surface area contributed by atoms with Gasteiger partial charge in [-0.15, -0.1) is 11.3 Å². The Morgan fingerprint density at radius 3 is 2.85 bits per heavy atom. The summed E-state index contributed by atoms with van der Waals surface area (Å²) in [5.74, 6) is -1.05. The van der Waals surface area contributed by atoms with Gasteiger partial charge in [0.05, 0.1) is 5.56 Å². The lowest BCUT2D eigenvalue weighted by Crippen LogP contribution is -2.21. The van der Waals surface area contributed by atoms with Gasteiger partial charge >= 0.3 is 0 Å². The van der Waals surface area contributed by atoms with Gasteiger partial charge in [-0.2, -0.15) is 0 Å². The van der Waals surface area contributed by atoms with Gasteiger partial charge in [-0.1, -0.05) is 0 Å². The molecule has 0 saturated heterocycles. The molecule has 0 aliphatic heterocycles. The molecule has 5 nitrogen and oxygen atoms in total. The lowest BCUT2D eigenvalue weighted by atomic mass is 9.95. The van der Waals surface area contributed by atoms with E-state index in [1.54, 1.807) is 22.9 Å². The minimum Gasteiger partial charge on any atom is -0.365 e. The number of nitrogens with one attached hydrogen (secondary N) is 1. The van der Waals surface area contributed by atoms with Crippen molar-refractivity contribution in [2.75, 3.05) is 5.32 Å². The fraction of sp³-hybridized carbons (Fsp3) is 0.263. The van der Waals surface area contributed by atoms with E-state index in [2.05, 4.69) is 5.32 Å². The predicted octanol–water partition coefficient (Wildman–Crippen LogP) is 3.46. The van der Waals surface area contributed by atoms with Gasteiger partial charge in [0.2, 0.25) is 5.91 Å². The number of halogens is 1. The smallest absolute Gasteiger partial charge is 0.251 e. The summed E-state index contributed by atoms with van der Waals surface area (Å²) in [6, 6.07) is 6.22. The number of benzene rings is 1. The molecule has 0 atom stereocenters. The number of primary amides is 1. The maximum Gasteiger partial charge on any atom is 0.251 e. The molecule has 0 radical (unpaired) electrons. The van der Waals surface area contributed by atoms with E-state index in [0.717, 1.165) is 47.0 Å². The van der Waals surface area contributed by atoms with Crippen LogP contribution in [0.25, 0.3) is 10.9 Å². The predicted molar refractivity (Wildman–Crippen MR) is 100 cm³/mol. The molecule has 0 fully saturated rings. The van der Waals surface area contributed by atoms with Crippen LogP contribution in [-0.2, 0) is 24.2 Å². The molecule has 0 unspecified atom stereocenters. The number of nitrogens with two attached hydrogens (primary N) is 1. The molecule has 0 saturated carbocycles. The van der Waals surface area contributed by atoms with Crippen LogP contribution in [0.1, 0.15) is 33.6 Å². The number of carbonyl (C=O) groups is 2. The molecule has 2 aromatic heterocycles. The first-order valence-corrected chi connectivity index (χ1v) is 9.33. The maximum atomic E-state index is 13.3. The summed E-state index contributed by atoms with van der Waals surface area (Å²) in [5.41, 5.74) is 7.79. The van der Waals surface area contributed by atoms with Crippen molar-refractivity contribution in [3.8, 4) is 0 Å². The first-order valence-electron chi connectivity index (χ1n) is 8.51. The summed E-state index contributed by atoms with van der Waals surface area (Å²) >= 11 is 1.45. The first-order chi connectivity index (χ1) is 12.5. The zero-order valence-corrected chi connectivity index (χ0v) is 14.9. The van der Waals surface area contributed by atoms with Crippen LogP contribution in [0.3, 0.4) is 0 Å². The minimum absolute atomic E-state index is 0.0793. The molecule has 134 valence electrons. The van der Waals surface area contributed by atoms with Gasteiger partial charge in [-0.05, 0) is 55.5 Å². The molecule has 7 heteroatoms. The van der Waals surface area contributed by atoms with Crippen LogP contribution >= 0.6 is 11.3 Å². The van der Waals surface area contributed by atoms with E-state index in [1.807, 2.05) is 0 Å². The highest BCUT2D eigenvalue weighted by Crippen LogP contribution is 2.37. The van der Waals surface area contributed by atoms with Gasteiger partial charge in [-0.25, -0.2) is 4.39 Å². The molecule has 2 heterocycles. The molecule has 2 amide bonds. The molecule has 0 spiro atoms. The van der Waals surface area contributed by atoms with Gasteiger partial charge in [0.25, 0.3) is 5.91 Å². The van der Waals surface area contributed by atoms with Crippen molar-refractivity contribution < 1.29 is 14.0 Å². The monoisotopic (exact) mass is 371 g/mol. The third-order valence-corrected chi connectivity index (χ3v) is 5.92. The van der Waals surface area contributed by atoms with Gasteiger partial charge in [-0.3, -0.25) is 9.59 Å². The van der Waals surface area contributed by atoms with Gasteiger partial charge in [0.15, 0.2) is 0 Å². The Hall–Kier alpha value is -2.67. The third-order valence-electron chi connectivity index (χ3n) is 4.72. The van der Waals surface area contributed by atoms with Gasteiger partial charge in [0, 0.05) is 22.0 Å². The van der Waals surface area contributed by atoms with Crippen LogP contribution in [0.15, 0.2) is 30.5 Å². The Morgan fingerprint density at radius 2 is 2.04 bits per heavy atom. The van der Waals surface area contributed by atoms with Crippen molar-refractivity contribution >= 4 is 39.1 Å². The summed E-state index contributed by atoms with van der Waals surface area (Å²) in [5, 5.41) is 4.12. The molecule has 3 N–H and O–H groups in total. The van der Waals surface area contributed by atoms with Crippen LogP contribution in [-0.4, -0.2) is 16.4 Å². The second-order valence-electron chi connectivity index (χ2n) is 6.47. The fourth-order valence-corrected chi connectivity index (χ4v) is 4.86. The van der Waals surface area contributed by atoms with Crippen LogP contribution in [0, 0.1) is 5.82 Å². The number of amides is 2. The molecule has 1 aliphatic rings. The van der Waals surface area contributed by atoms with Crippen molar-refractivity contribution in [2.24, 2.45) is 5.73 Å². The summed E-state index contributed by atoms with van der Waals surface area (Å²) in [6.07, 6.45) is 5.62. The molecule has 1 aliphatic carbocycles. The topological polar surface area (TPSA) is 77.1 Å². The lowest BCUT2D eigenvalue weighted by Gasteiger charge is -2.11. The number of anilines is 1. The number of fused-ring (bicyclic) bond motifs is 2. The molecule has 4 rings (SSSR count). The number of rotatable bonds is 4. The van der Waals surface area contributed by atoms with Crippen molar-refractivity contribution in [2.45, 2.75) is 32.2 Å². The van der Waals surface area contributed by atoms with Gasteiger partial charge < -0.3 is 15.6 Å². The Morgan fingerprint density at radius 1 is 1.23 bits per heavy atom. The quantitative estimate of drug-likeness (QED) is 0.737. The molecule has 3 aromatic rings. The summed E-state index contributed by atoms with van der Waals surface area (Å²) in [4.78, 5) is 25.6. The Balaban J connectivity index is 1.58. The third kappa shape index (κ3) is 2.99. The second kappa shape index (κ2) is 6.57. The molecular weight excluding hydrogens is 353 g/mol. The van der Waals surface area contributed by atoms with Gasteiger partial charge in [0.1, 0.15) is 17.4 Å². The largest absolute Gasteiger partial charge is 0.365 e. The van der Waals surface area contributed by atoms with E-state index in [4.69, 9.17) is 5.73 Å². The Kier molecular flexibility index (Phi) is 4.24. The summed E-state index contributed by atoms with van der Waals surface area (Å²) in [7, 11) is 0. The van der Waals surface area contributed by atoms with Crippen molar-refractivity contribution in [3.05, 3.63) is 52.3 Å². The van der Waals surface area contributed by atoms with Crippen molar-refractivity contribution in [1.29, 1.82) is 0 Å². The SMILES string of the molecule is NC(=O)c1c(NC(=O)Cn2ccc3cc(F)ccc32)sc2c1CCCC2. The second-order valence-corrected chi connectivity index (χ2v) is 7.58.